The molecule has 140 valence electrons. The maximum Gasteiger partial charge on any atom is 0.228 e. The highest BCUT2D eigenvalue weighted by molar-refractivity contribution is 7.98. The van der Waals surface area contributed by atoms with E-state index in [4.69, 9.17) is 0 Å². The highest BCUT2D eigenvalue weighted by atomic mass is 32.2. The molecule has 2 heterocycles. The Morgan fingerprint density at radius 3 is 2.78 bits per heavy atom. The molecule has 0 radical (unpaired) electrons. The second-order valence-electron chi connectivity index (χ2n) is 6.77. The Bertz CT molecular complexity index is 949. The number of hydrogen-bond donors (Lipinski definition) is 3. The van der Waals surface area contributed by atoms with Crippen molar-refractivity contribution in [1.82, 2.24) is 14.3 Å². The molecule has 4 rings (SSSR count). The lowest BCUT2D eigenvalue weighted by molar-refractivity contribution is -0.117. The highest BCUT2D eigenvalue weighted by Crippen LogP contribution is 2.33. The summed E-state index contributed by atoms with van der Waals surface area (Å²) in [6.07, 6.45) is 3.83. The zero-order valence-electron chi connectivity index (χ0n) is 15.5. The number of pyridine rings is 1. The van der Waals surface area contributed by atoms with Crippen LogP contribution in [0.25, 0.3) is 22.2 Å². The van der Waals surface area contributed by atoms with Crippen LogP contribution in [0.4, 0.5) is 11.5 Å². The Morgan fingerprint density at radius 1 is 1.30 bits per heavy atom. The minimum atomic E-state index is 0.0657. The first-order valence-corrected chi connectivity index (χ1v) is 9.95. The molecular formula is C20H23N5OS. The van der Waals surface area contributed by atoms with Crippen molar-refractivity contribution in [3.8, 4) is 11.1 Å². The van der Waals surface area contributed by atoms with E-state index in [2.05, 4.69) is 55.5 Å². The molecule has 0 aliphatic heterocycles. The Morgan fingerprint density at radius 2 is 2.07 bits per heavy atom. The average molecular weight is 382 g/mol. The summed E-state index contributed by atoms with van der Waals surface area (Å²) in [5.74, 6) is 0.814. The molecule has 1 amide bonds. The molecule has 1 saturated carbocycles. The van der Waals surface area contributed by atoms with Gasteiger partial charge in [-0.1, -0.05) is 19.1 Å². The van der Waals surface area contributed by atoms with Crippen molar-refractivity contribution in [2.75, 3.05) is 23.6 Å². The highest BCUT2D eigenvalue weighted by Gasteiger charge is 2.30. The molecule has 27 heavy (non-hydrogen) atoms. The molecule has 0 atom stereocenters. The number of nitrogens with one attached hydrogen (secondary N) is 3. The summed E-state index contributed by atoms with van der Waals surface area (Å²) in [6.45, 7) is 3.08. The molecule has 0 unspecified atom stereocenters. The summed E-state index contributed by atoms with van der Waals surface area (Å²) in [7, 11) is 2.04. The van der Waals surface area contributed by atoms with Gasteiger partial charge in [-0.3, -0.25) is 4.79 Å². The van der Waals surface area contributed by atoms with Crippen molar-refractivity contribution in [3.63, 3.8) is 0 Å². The number of rotatable bonds is 7. The summed E-state index contributed by atoms with van der Waals surface area (Å²) < 4.78 is 5.45. The first-order chi connectivity index (χ1) is 13.1. The van der Waals surface area contributed by atoms with Gasteiger partial charge in [-0.15, -0.1) is 0 Å². The van der Waals surface area contributed by atoms with Crippen LogP contribution >= 0.6 is 12.1 Å². The number of carbonyl (C=O) groups excluding carboxylic acids is 1. The van der Waals surface area contributed by atoms with Gasteiger partial charge in [0.25, 0.3) is 0 Å². The predicted octanol–water partition coefficient (Wildman–Crippen LogP) is 4.51. The van der Waals surface area contributed by atoms with Gasteiger partial charge in [0, 0.05) is 41.9 Å². The third-order valence-electron chi connectivity index (χ3n) is 4.69. The van der Waals surface area contributed by atoms with Crippen molar-refractivity contribution in [2.45, 2.75) is 19.8 Å². The van der Waals surface area contributed by atoms with Gasteiger partial charge in [0.15, 0.2) is 0 Å². The van der Waals surface area contributed by atoms with Crippen LogP contribution in [-0.2, 0) is 4.79 Å². The summed E-state index contributed by atoms with van der Waals surface area (Å²) in [4.78, 5) is 19.8. The second-order valence-corrected chi connectivity index (χ2v) is 7.78. The van der Waals surface area contributed by atoms with Crippen LogP contribution in [0.1, 0.15) is 19.8 Å². The maximum absolute atomic E-state index is 12.1. The van der Waals surface area contributed by atoms with E-state index in [0.29, 0.717) is 5.82 Å². The van der Waals surface area contributed by atoms with Crippen LogP contribution in [0, 0.1) is 5.92 Å². The van der Waals surface area contributed by atoms with E-state index >= 15 is 0 Å². The normalized spacial score (nSPS) is 13.9. The fourth-order valence-corrected chi connectivity index (χ4v) is 3.35. The molecule has 2 aromatic heterocycles. The average Bonchev–Trinajstić information content (AvgIpc) is 3.44. The van der Waals surface area contributed by atoms with Gasteiger partial charge in [0.05, 0.1) is 0 Å². The zero-order chi connectivity index (χ0) is 18.8. The molecule has 1 aromatic carbocycles. The molecule has 0 spiro atoms. The first-order valence-electron chi connectivity index (χ1n) is 9.17. The van der Waals surface area contributed by atoms with Crippen molar-refractivity contribution < 1.29 is 4.79 Å². The SMILES string of the molecule is CCN(C)SNc1ccc(-c2cc(NC(=O)C3CC3)nc3[nH]ccc23)cc1. The lowest BCUT2D eigenvalue weighted by Gasteiger charge is -2.14. The van der Waals surface area contributed by atoms with E-state index in [-0.39, 0.29) is 11.8 Å². The van der Waals surface area contributed by atoms with Gasteiger partial charge in [-0.25, -0.2) is 9.29 Å². The third-order valence-corrected chi connectivity index (χ3v) is 5.59. The number of benzene rings is 1. The van der Waals surface area contributed by atoms with E-state index in [0.717, 1.165) is 47.2 Å². The van der Waals surface area contributed by atoms with Gasteiger partial charge in [-0.05, 0) is 55.3 Å². The standard InChI is InChI=1S/C20H23N5OS/c1-3-25(2)27-24-15-8-6-13(7-9-15)17-12-18(23-20(26)14-4-5-14)22-19-16(17)10-11-21-19/h6-12,14,24H,3-5H2,1-2H3,(H2,21,22,23,26). The Labute approximate surface area is 163 Å². The fourth-order valence-electron chi connectivity index (χ4n) is 2.83. The summed E-state index contributed by atoms with van der Waals surface area (Å²) in [5, 5.41) is 4.00. The summed E-state index contributed by atoms with van der Waals surface area (Å²) in [6, 6.07) is 12.3. The second kappa shape index (κ2) is 7.62. The van der Waals surface area contributed by atoms with Crippen LogP contribution in [0.15, 0.2) is 42.6 Å². The quantitative estimate of drug-likeness (QED) is 0.525. The van der Waals surface area contributed by atoms with Crippen LogP contribution in [0.3, 0.4) is 0 Å². The minimum Gasteiger partial charge on any atom is -0.346 e. The van der Waals surface area contributed by atoms with Crippen LogP contribution in [0.5, 0.6) is 0 Å². The zero-order valence-corrected chi connectivity index (χ0v) is 16.3. The van der Waals surface area contributed by atoms with Gasteiger partial charge in [0.1, 0.15) is 11.5 Å². The fraction of sp³-hybridized carbons (Fsp3) is 0.300. The lowest BCUT2D eigenvalue weighted by atomic mass is 10.0. The third kappa shape index (κ3) is 4.09. The topological polar surface area (TPSA) is 73.0 Å². The molecule has 6 nitrogen and oxygen atoms in total. The monoisotopic (exact) mass is 381 g/mol. The van der Waals surface area contributed by atoms with Crippen molar-refractivity contribution in [2.24, 2.45) is 5.92 Å². The number of amides is 1. The molecule has 1 aliphatic carbocycles. The van der Waals surface area contributed by atoms with Gasteiger partial charge in [-0.2, -0.15) is 0 Å². The molecule has 0 bridgehead atoms. The Kier molecular flexibility index (Phi) is 5.05. The summed E-state index contributed by atoms with van der Waals surface area (Å²) in [5.41, 5.74) is 3.96. The Hall–Kier alpha value is -2.51. The van der Waals surface area contributed by atoms with E-state index in [1.807, 2.05) is 25.4 Å². The maximum atomic E-state index is 12.1. The smallest absolute Gasteiger partial charge is 0.228 e. The number of anilines is 2. The van der Waals surface area contributed by atoms with E-state index in [1.54, 1.807) is 12.1 Å². The molecular weight excluding hydrogens is 358 g/mol. The lowest BCUT2D eigenvalue weighted by Crippen LogP contribution is -2.14. The predicted molar refractivity (Wildman–Crippen MR) is 112 cm³/mol. The molecule has 3 N–H and O–H groups in total. The number of hydrogen-bond acceptors (Lipinski definition) is 5. The number of aromatic amines is 1. The number of aromatic nitrogens is 2. The van der Waals surface area contributed by atoms with Gasteiger partial charge in [0.2, 0.25) is 5.91 Å². The largest absolute Gasteiger partial charge is 0.346 e. The molecule has 0 saturated heterocycles. The van der Waals surface area contributed by atoms with Crippen LogP contribution < -0.4 is 10.0 Å². The summed E-state index contributed by atoms with van der Waals surface area (Å²) >= 11 is 1.57. The number of H-pyrrole nitrogens is 1. The minimum absolute atomic E-state index is 0.0657. The van der Waals surface area contributed by atoms with E-state index < -0.39 is 0 Å². The van der Waals surface area contributed by atoms with E-state index in [1.165, 1.54) is 0 Å². The number of nitrogens with zero attached hydrogens (tertiary/aromatic N) is 2. The molecule has 1 aliphatic rings. The molecule has 7 heteroatoms. The first kappa shape index (κ1) is 17.9. The Balaban J connectivity index is 1.59. The molecule has 1 fully saturated rings. The van der Waals surface area contributed by atoms with Crippen molar-refractivity contribution in [1.29, 1.82) is 0 Å². The number of fused-ring (bicyclic) bond motifs is 1. The van der Waals surface area contributed by atoms with Crippen LogP contribution in [0.2, 0.25) is 0 Å². The van der Waals surface area contributed by atoms with E-state index in [9.17, 15) is 4.79 Å². The van der Waals surface area contributed by atoms with Gasteiger partial charge < -0.3 is 15.0 Å². The number of carbonyl (C=O) groups is 1. The van der Waals surface area contributed by atoms with Gasteiger partial charge >= 0.3 is 0 Å². The van der Waals surface area contributed by atoms with Crippen molar-refractivity contribution in [3.05, 3.63) is 42.6 Å². The van der Waals surface area contributed by atoms with Crippen LogP contribution in [-0.4, -0.2) is 33.8 Å². The molecule has 3 aromatic rings. The van der Waals surface area contributed by atoms with Crippen molar-refractivity contribution >= 4 is 40.6 Å².